The standard InChI is InChI=1S/C27H47N3O5/c1-11-15(2)17(13-31)30-20(22(33)29-25(7,8)14-24(4,5)6)27-12-16(3)26(9,35-27)18(21(32)28-10)19(27)23(30)34/h15-20,31H,11-14H2,1-10H3,(H,28,32)(H,29,33)/t15-,16?,17-,18-,19-,20?,26+,27?/m0/s1. The SMILES string of the molecule is CC[C@H](C)[C@H](CO)N1C(=O)[C@@H]2[C@@H](C(=O)NC)[C@]3(C)OC2(CC3C)C1C(=O)NC(C)(C)CC(C)(C)C. The number of hydrogen-bond donors (Lipinski definition) is 3. The van der Waals surface area contributed by atoms with Crippen LogP contribution in [0.3, 0.4) is 0 Å². The van der Waals surface area contributed by atoms with Gasteiger partial charge in [-0.05, 0) is 50.9 Å². The molecule has 0 aromatic heterocycles. The highest BCUT2D eigenvalue weighted by atomic mass is 16.5. The van der Waals surface area contributed by atoms with E-state index in [1.54, 1.807) is 11.9 Å². The molecule has 2 bridgehead atoms. The number of rotatable bonds is 8. The van der Waals surface area contributed by atoms with E-state index in [0.29, 0.717) is 6.42 Å². The first-order valence-electron chi connectivity index (χ1n) is 13.2. The minimum atomic E-state index is -1.11. The maximum atomic E-state index is 14.2. The summed E-state index contributed by atoms with van der Waals surface area (Å²) in [4.78, 5) is 43.0. The van der Waals surface area contributed by atoms with Crippen molar-refractivity contribution >= 4 is 17.7 Å². The summed E-state index contributed by atoms with van der Waals surface area (Å²) in [7, 11) is 1.57. The third kappa shape index (κ3) is 4.39. The Labute approximate surface area is 210 Å². The van der Waals surface area contributed by atoms with Crippen LogP contribution in [-0.4, -0.2) is 70.2 Å². The molecule has 8 atom stereocenters. The molecule has 8 nitrogen and oxygen atoms in total. The molecule has 3 fully saturated rings. The van der Waals surface area contributed by atoms with Gasteiger partial charge in [0.05, 0.1) is 30.1 Å². The smallest absolute Gasteiger partial charge is 0.246 e. The summed E-state index contributed by atoms with van der Waals surface area (Å²) in [5.74, 6) is -2.26. The molecule has 3 heterocycles. The van der Waals surface area contributed by atoms with Crippen molar-refractivity contribution in [1.29, 1.82) is 0 Å². The zero-order valence-corrected chi connectivity index (χ0v) is 23.3. The molecule has 3 aliphatic rings. The molecule has 200 valence electrons. The maximum Gasteiger partial charge on any atom is 0.246 e. The van der Waals surface area contributed by atoms with Gasteiger partial charge in [-0.25, -0.2) is 0 Å². The van der Waals surface area contributed by atoms with Crippen LogP contribution < -0.4 is 10.6 Å². The number of nitrogens with one attached hydrogen (secondary N) is 2. The van der Waals surface area contributed by atoms with Gasteiger partial charge in [0.1, 0.15) is 11.6 Å². The number of nitrogens with zero attached hydrogens (tertiary/aromatic N) is 1. The molecule has 3 N–H and O–H groups in total. The average molecular weight is 494 g/mol. The molecular weight excluding hydrogens is 446 g/mol. The second-order valence-electron chi connectivity index (χ2n) is 13.3. The second-order valence-corrected chi connectivity index (χ2v) is 13.3. The van der Waals surface area contributed by atoms with E-state index in [-0.39, 0.29) is 41.6 Å². The van der Waals surface area contributed by atoms with Crippen LogP contribution in [0.25, 0.3) is 0 Å². The predicted molar refractivity (Wildman–Crippen MR) is 134 cm³/mol. The van der Waals surface area contributed by atoms with Gasteiger partial charge < -0.3 is 25.4 Å². The molecule has 0 aliphatic carbocycles. The maximum absolute atomic E-state index is 14.2. The van der Waals surface area contributed by atoms with Crippen molar-refractivity contribution < 1.29 is 24.2 Å². The molecule has 3 aliphatic heterocycles. The molecule has 3 saturated heterocycles. The third-order valence-corrected chi connectivity index (χ3v) is 8.81. The number of aliphatic hydroxyl groups is 1. The van der Waals surface area contributed by atoms with E-state index in [1.165, 1.54) is 0 Å². The van der Waals surface area contributed by atoms with Gasteiger partial charge in [-0.3, -0.25) is 14.4 Å². The first-order chi connectivity index (χ1) is 16.0. The number of amides is 3. The average Bonchev–Trinajstić information content (AvgIpc) is 3.23. The molecule has 8 heteroatoms. The number of carbonyl (C=O) groups excluding carboxylic acids is 3. The van der Waals surface area contributed by atoms with E-state index in [2.05, 4.69) is 31.4 Å². The number of ether oxygens (including phenoxy) is 1. The lowest BCUT2D eigenvalue weighted by Gasteiger charge is -2.41. The summed E-state index contributed by atoms with van der Waals surface area (Å²) >= 11 is 0. The van der Waals surface area contributed by atoms with Crippen LogP contribution in [0, 0.1) is 29.1 Å². The minimum absolute atomic E-state index is 0.0112. The highest BCUT2D eigenvalue weighted by Crippen LogP contribution is 2.65. The highest BCUT2D eigenvalue weighted by molar-refractivity contribution is 5.99. The highest BCUT2D eigenvalue weighted by Gasteiger charge is 2.80. The van der Waals surface area contributed by atoms with Crippen molar-refractivity contribution in [3.05, 3.63) is 0 Å². The van der Waals surface area contributed by atoms with Crippen LogP contribution in [0.1, 0.15) is 81.6 Å². The van der Waals surface area contributed by atoms with Gasteiger partial charge in [-0.15, -0.1) is 0 Å². The van der Waals surface area contributed by atoms with Crippen LogP contribution in [-0.2, 0) is 19.1 Å². The van der Waals surface area contributed by atoms with Crippen LogP contribution in [0.15, 0.2) is 0 Å². The quantitative estimate of drug-likeness (QED) is 0.482. The van der Waals surface area contributed by atoms with E-state index < -0.39 is 40.7 Å². The van der Waals surface area contributed by atoms with Gasteiger partial charge >= 0.3 is 0 Å². The first kappa shape index (κ1) is 27.9. The lowest BCUT2D eigenvalue weighted by molar-refractivity contribution is -0.152. The zero-order chi connectivity index (χ0) is 26.7. The summed E-state index contributed by atoms with van der Waals surface area (Å²) in [5, 5.41) is 16.3. The Morgan fingerprint density at radius 1 is 1.23 bits per heavy atom. The molecule has 0 saturated carbocycles. The van der Waals surface area contributed by atoms with Crippen molar-refractivity contribution in [2.75, 3.05) is 13.7 Å². The largest absolute Gasteiger partial charge is 0.394 e. The fourth-order valence-corrected chi connectivity index (χ4v) is 7.48. The van der Waals surface area contributed by atoms with Crippen molar-refractivity contribution in [3.8, 4) is 0 Å². The number of hydrogen-bond acceptors (Lipinski definition) is 5. The monoisotopic (exact) mass is 493 g/mol. The number of likely N-dealkylation sites (tertiary alicyclic amines) is 1. The van der Waals surface area contributed by atoms with E-state index in [9.17, 15) is 19.5 Å². The van der Waals surface area contributed by atoms with Crippen LogP contribution >= 0.6 is 0 Å². The summed E-state index contributed by atoms with van der Waals surface area (Å²) in [5.41, 5.74) is -2.47. The van der Waals surface area contributed by atoms with Crippen molar-refractivity contribution in [3.63, 3.8) is 0 Å². The molecule has 0 aromatic carbocycles. The fourth-order valence-electron chi connectivity index (χ4n) is 7.48. The number of aliphatic hydroxyl groups excluding tert-OH is 1. The summed E-state index contributed by atoms with van der Waals surface area (Å²) in [6.07, 6.45) is 2.00. The van der Waals surface area contributed by atoms with Gasteiger partial charge in [0.25, 0.3) is 0 Å². The van der Waals surface area contributed by atoms with Gasteiger partial charge in [0.2, 0.25) is 17.7 Å². The first-order valence-corrected chi connectivity index (χ1v) is 13.2. The molecule has 0 aromatic rings. The van der Waals surface area contributed by atoms with Gasteiger partial charge in [-0.2, -0.15) is 0 Å². The topological polar surface area (TPSA) is 108 Å². The minimum Gasteiger partial charge on any atom is -0.394 e. The summed E-state index contributed by atoms with van der Waals surface area (Å²) in [6, 6.07) is -1.45. The van der Waals surface area contributed by atoms with Gasteiger partial charge in [-0.1, -0.05) is 48.0 Å². The van der Waals surface area contributed by atoms with Crippen LogP contribution in [0.5, 0.6) is 0 Å². The van der Waals surface area contributed by atoms with Gasteiger partial charge in [0.15, 0.2) is 0 Å². The molecule has 1 spiro atoms. The van der Waals surface area contributed by atoms with Gasteiger partial charge in [0, 0.05) is 12.6 Å². The Kier molecular flexibility index (Phi) is 7.19. The van der Waals surface area contributed by atoms with E-state index in [0.717, 1.165) is 12.8 Å². The lowest BCUT2D eigenvalue weighted by Crippen LogP contribution is -2.62. The van der Waals surface area contributed by atoms with Crippen LogP contribution in [0.4, 0.5) is 0 Å². The predicted octanol–water partition coefficient (Wildman–Crippen LogP) is 2.48. The van der Waals surface area contributed by atoms with Crippen LogP contribution in [0.2, 0.25) is 0 Å². The molecule has 35 heavy (non-hydrogen) atoms. The Morgan fingerprint density at radius 3 is 2.31 bits per heavy atom. The van der Waals surface area contributed by atoms with E-state index in [4.69, 9.17) is 4.74 Å². The molecule has 3 rings (SSSR count). The lowest BCUT2D eigenvalue weighted by atomic mass is 9.62. The summed E-state index contributed by atoms with van der Waals surface area (Å²) < 4.78 is 6.71. The summed E-state index contributed by atoms with van der Waals surface area (Å²) in [6.45, 7) is 18.0. The normalized spacial score (nSPS) is 36.2. The number of fused-ring (bicyclic) bond motifs is 1. The molecular formula is C27H47N3O5. The third-order valence-electron chi connectivity index (χ3n) is 8.81. The van der Waals surface area contributed by atoms with Crippen molar-refractivity contribution in [2.45, 2.75) is 110 Å². The Balaban J connectivity index is 2.13. The Hall–Kier alpha value is -1.67. The number of carbonyl (C=O) groups is 3. The Bertz CT molecular complexity index is 867. The second kappa shape index (κ2) is 9.02. The van der Waals surface area contributed by atoms with Crippen molar-refractivity contribution in [1.82, 2.24) is 15.5 Å². The zero-order valence-electron chi connectivity index (χ0n) is 23.3. The van der Waals surface area contributed by atoms with Crippen molar-refractivity contribution in [2.24, 2.45) is 29.1 Å². The van der Waals surface area contributed by atoms with E-state index >= 15 is 0 Å². The molecule has 3 unspecified atom stereocenters. The van der Waals surface area contributed by atoms with E-state index in [1.807, 2.05) is 41.5 Å². The molecule has 3 amide bonds. The molecule has 0 radical (unpaired) electrons. The fraction of sp³-hybridized carbons (Fsp3) is 0.889. The Morgan fingerprint density at radius 2 is 1.83 bits per heavy atom.